The first kappa shape index (κ1) is 28.2. The van der Waals surface area contributed by atoms with E-state index in [4.69, 9.17) is 28.4 Å². The van der Waals surface area contributed by atoms with Crippen molar-refractivity contribution in [3.63, 3.8) is 0 Å². The van der Waals surface area contributed by atoms with E-state index in [1.54, 1.807) is 0 Å². The lowest BCUT2D eigenvalue weighted by atomic mass is 9.50. The number of carbonyl (C=O) groups excluding carboxylic acids is 3. The number of esters is 3. The predicted molar refractivity (Wildman–Crippen MR) is 138 cm³/mol. The Bertz CT molecular complexity index is 1370. The molecule has 0 aromatic heterocycles. The summed E-state index contributed by atoms with van der Waals surface area (Å²) < 4.78 is 36.8. The van der Waals surface area contributed by atoms with Gasteiger partial charge in [0, 0.05) is 12.8 Å². The average Bonchev–Trinajstić information content (AvgIpc) is 3.58. The van der Waals surface area contributed by atoms with Crippen molar-refractivity contribution in [2.45, 2.75) is 102 Å². The molecule has 7 rings (SSSR count). The van der Waals surface area contributed by atoms with Crippen LogP contribution in [0.1, 0.15) is 47.1 Å². The first-order chi connectivity index (χ1) is 19.5. The molecule has 6 fully saturated rings. The molecule has 0 radical (unpaired) electrons. The molecule has 12 nitrogen and oxygen atoms in total. The molecule has 2 aliphatic carbocycles. The van der Waals surface area contributed by atoms with Crippen molar-refractivity contribution >= 4 is 17.9 Å². The van der Waals surface area contributed by atoms with Gasteiger partial charge in [-0.15, -0.1) is 0 Å². The van der Waals surface area contributed by atoms with Crippen molar-refractivity contribution in [1.82, 2.24) is 0 Å². The SMILES string of the molecule is CC(=O)O[C@H]1[C@H]2OC(=O)[C@@]34OC5O[C@](C)(O)[C@H](OCc6ccccc6)[C@]5([C@@H]1C(C)(C)C)[C@@]23[C@@H](O)[C@@H]1OC(=O)[C@@H](C)[C@@]14O. The molecule has 42 heavy (non-hydrogen) atoms. The molecular weight excluding hydrogens is 552 g/mol. The van der Waals surface area contributed by atoms with E-state index in [0.29, 0.717) is 0 Å². The number of ether oxygens (including phenoxy) is 6. The zero-order valence-electron chi connectivity index (χ0n) is 24.2. The van der Waals surface area contributed by atoms with Crippen LogP contribution in [-0.4, -0.2) is 87.0 Å². The molecule has 0 amide bonds. The Hall–Kier alpha value is -2.61. The molecule has 2 spiro atoms. The van der Waals surface area contributed by atoms with Gasteiger partial charge in [0.05, 0.1) is 23.4 Å². The molecule has 228 valence electrons. The Morgan fingerprint density at radius 2 is 1.71 bits per heavy atom. The first-order valence-corrected chi connectivity index (χ1v) is 14.3. The lowest BCUT2D eigenvalue weighted by Crippen LogP contribution is -2.68. The highest BCUT2D eigenvalue weighted by Crippen LogP contribution is 2.86. The highest BCUT2D eigenvalue weighted by molar-refractivity contribution is 5.93. The number of aliphatic hydroxyl groups excluding tert-OH is 1. The summed E-state index contributed by atoms with van der Waals surface area (Å²) in [5, 5.41) is 36.7. The van der Waals surface area contributed by atoms with Crippen LogP contribution in [0.2, 0.25) is 0 Å². The molecule has 1 aromatic carbocycles. The summed E-state index contributed by atoms with van der Waals surface area (Å²) in [4.78, 5) is 39.6. The van der Waals surface area contributed by atoms with Crippen LogP contribution in [0, 0.1) is 28.1 Å². The molecule has 3 N–H and O–H groups in total. The van der Waals surface area contributed by atoms with Crippen molar-refractivity contribution in [2.75, 3.05) is 0 Å². The third-order valence-corrected chi connectivity index (χ3v) is 10.9. The summed E-state index contributed by atoms with van der Waals surface area (Å²) in [5.41, 5.74) is -8.35. The standard InChI is InChI=1S/C30H36O12/c1-13-21(33)39-20-18(32)28-19-16(38-14(2)31)17(25(3,4)5)27(28)22(37-12-15-10-8-7-9-11-15)26(6,35)41-24(27)42-30(28,23(34)40-19)29(13,20)36/h7-11,13,16-20,22,24,32,35-36H,12H2,1-6H3/t13-,16-,17+,18+,19-,20+,22+,24?,26+,27+,28-,29-,30-/m1/s1. The van der Waals surface area contributed by atoms with Gasteiger partial charge in [0.1, 0.15) is 18.3 Å². The van der Waals surface area contributed by atoms with Gasteiger partial charge in [0.15, 0.2) is 29.9 Å². The number of rotatable bonds is 4. The third kappa shape index (κ3) is 2.70. The zero-order chi connectivity index (χ0) is 30.4. The van der Waals surface area contributed by atoms with Crippen LogP contribution in [-0.2, 0) is 49.4 Å². The van der Waals surface area contributed by atoms with Crippen molar-refractivity contribution < 1.29 is 58.1 Å². The number of carbonyl (C=O) groups is 3. The smallest absolute Gasteiger partial charge is 0.343 e. The van der Waals surface area contributed by atoms with Crippen LogP contribution in [0.5, 0.6) is 0 Å². The number of benzene rings is 1. The molecule has 2 saturated carbocycles. The van der Waals surface area contributed by atoms with E-state index < -0.39 is 99.8 Å². The fourth-order valence-electron chi connectivity index (χ4n) is 9.93. The fraction of sp³-hybridized carbons (Fsp3) is 0.700. The normalized spacial score (nSPS) is 51.5. The molecule has 0 bridgehead atoms. The second-order valence-electron chi connectivity index (χ2n) is 13.9. The summed E-state index contributed by atoms with van der Waals surface area (Å²) in [6.45, 7) is 9.70. The van der Waals surface area contributed by atoms with Gasteiger partial charge in [0.25, 0.3) is 0 Å². The number of hydrogen-bond donors (Lipinski definition) is 3. The Morgan fingerprint density at radius 3 is 2.33 bits per heavy atom. The average molecular weight is 589 g/mol. The quantitative estimate of drug-likeness (QED) is 0.331. The van der Waals surface area contributed by atoms with Crippen LogP contribution >= 0.6 is 0 Å². The molecule has 1 unspecified atom stereocenters. The van der Waals surface area contributed by atoms with Crippen LogP contribution in [0.3, 0.4) is 0 Å². The van der Waals surface area contributed by atoms with E-state index in [9.17, 15) is 29.7 Å². The monoisotopic (exact) mass is 588 g/mol. The van der Waals surface area contributed by atoms with Gasteiger partial charge >= 0.3 is 17.9 Å². The highest BCUT2D eigenvalue weighted by Gasteiger charge is 3.05. The summed E-state index contributed by atoms with van der Waals surface area (Å²) in [6, 6.07) is 9.21. The summed E-state index contributed by atoms with van der Waals surface area (Å²) in [7, 11) is 0. The van der Waals surface area contributed by atoms with Crippen LogP contribution in [0.15, 0.2) is 30.3 Å². The largest absolute Gasteiger partial charge is 0.458 e. The Morgan fingerprint density at radius 1 is 1.05 bits per heavy atom. The lowest BCUT2D eigenvalue weighted by Gasteiger charge is -2.50. The van der Waals surface area contributed by atoms with Gasteiger partial charge in [-0.05, 0) is 24.8 Å². The Balaban J connectivity index is 1.54. The van der Waals surface area contributed by atoms with Gasteiger partial charge in [-0.2, -0.15) is 0 Å². The number of aliphatic hydroxyl groups is 3. The van der Waals surface area contributed by atoms with Crippen molar-refractivity contribution in [3.05, 3.63) is 35.9 Å². The summed E-state index contributed by atoms with van der Waals surface area (Å²) >= 11 is 0. The first-order valence-electron chi connectivity index (χ1n) is 14.3. The van der Waals surface area contributed by atoms with E-state index in [-0.39, 0.29) is 6.61 Å². The molecular formula is C30H36O12. The Labute approximate surface area is 242 Å². The fourth-order valence-corrected chi connectivity index (χ4v) is 9.93. The molecule has 4 saturated heterocycles. The van der Waals surface area contributed by atoms with E-state index >= 15 is 0 Å². The van der Waals surface area contributed by atoms with E-state index in [2.05, 4.69) is 0 Å². The van der Waals surface area contributed by atoms with Crippen LogP contribution < -0.4 is 0 Å². The summed E-state index contributed by atoms with van der Waals surface area (Å²) in [6.07, 6.45) is -8.62. The minimum Gasteiger partial charge on any atom is -0.458 e. The zero-order valence-corrected chi connectivity index (χ0v) is 24.2. The van der Waals surface area contributed by atoms with E-state index in [1.807, 2.05) is 51.1 Å². The lowest BCUT2D eigenvalue weighted by molar-refractivity contribution is -0.298. The number of fused-ring (bicyclic) bond motifs is 1. The van der Waals surface area contributed by atoms with Crippen molar-refractivity contribution in [2.24, 2.45) is 28.1 Å². The van der Waals surface area contributed by atoms with Crippen LogP contribution in [0.4, 0.5) is 0 Å². The van der Waals surface area contributed by atoms with Gasteiger partial charge in [-0.25, -0.2) is 4.79 Å². The topological polar surface area (TPSA) is 167 Å². The second kappa shape index (κ2) is 8.10. The molecule has 1 aromatic rings. The molecule has 4 heterocycles. The minimum atomic E-state index is -2.38. The van der Waals surface area contributed by atoms with Gasteiger partial charge in [-0.1, -0.05) is 51.1 Å². The van der Waals surface area contributed by atoms with Gasteiger partial charge in [0.2, 0.25) is 5.60 Å². The maximum atomic E-state index is 14.2. The van der Waals surface area contributed by atoms with Crippen molar-refractivity contribution in [1.29, 1.82) is 0 Å². The Kier molecular flexibility index (Phi) is 5.44. The molecule has 4 aliphatic heterocycles. The summed E-state index contributed by atoms with van der Waals surface area (Å²) in [5.74, 6) is -6.67. The molecule has 13 atom stereocenters. The van der Waals surface area contributed by atoms with Gasteiger partial charge < -0.3 is 43.7 Å². The number of hydrogen-bond acceptors (Lipinski definition) is 12. The third-order valence-electron chi connectivity index (χ3n) is 10.9. The van der Waals surface area contributed by atoms with Crippen molar-refractivity contribution in [3.8, 4) is 0 Å². The van der Waals surface area contributed by atoms with E-state index in [0.717, 1.165) is 5.56 Å². The molecule has 6 aliphatic rings. The second-order valence-corrected chi connectivity index (χ2v) is 13.9. The maximum Gasteiger partial charge on any atom is 0.343 e. The van der Waals surface area contributed by atoms with E-state index in [1.165, 1.54) is 20.8 Å². The molecule has 12 heteroatoms. The van der Waals surface area contributed by atoms with Gasteiger partial charge in [-0.3, -0.25) is 9.59 Å². The maximum absolute atomic E-state index is 14.2. The predicted octanol–water partition coefficient (Wildman–Crippen LogP) is 0.579. The minimum absolute atomic E-state index is 0.00626. The van der Waals surface area contributed by atoms with Crippen LogP contribution in [0.25, 0.3) is 0 Å². The highest BCUT2D eigenvalue weighted by atomic mass is 16.8.